The fraction of sp³-hybridized carbons (Fsp3) is 1.00. The molecule has 0 aromatic heterocycles. The quantitative estimate of drug-likeness (QED) is 0.684. The van der Waals surface area contributed by atoms with E-state index in [-0.39, 0.29) is 0 Å². The number of piperidine rings is 1. The molecule has 0 aromatic carbocycles. The number of rotatable bonds is 7. The lowest BCUT2D eigenvalue weighted by molar-refractivity contribution is 0.126. The van der Waals surface area contributed by atoms with E-state index in [1.807, 2.05) is 0 Å². The van der Waals surface area contributed by atoms with Gasteiger partial charge >= 0.3 is 0 Å². The number of likely N-dealkylation sites (tertiary alicyclic amines) is 1. The number of nitrogens with one attached hydrogen (secondary N) is 1. The highest BCUT2D eigenvalue weighted by Crippen LogP contribution is 2.20. The average Bonchev–Trinajstić information content (AvgIpc) is 2.27. The third kappa shape index (κ3) is 6.39. The summed E-state index contributed by atoms with van der Waals surface area (Å²) >= 11 is 0. The van der Waals surface area contributed by atoms with Crippen molar-refractivity contribution < 1.29 is 0 Å². The Morgan fingerprint density at radius 1 is 1.18 bits per heavy atom. The SMILES string of the molecule is CC1CCC(C)N(CCNCCCN(C)C)C1. The first kappa shape index (κ1) is 14.9. The minimum atomic E-state index is 0.787. The van der Waals surface area contributed by atoms with E-state index < -0.39 is 0 Å². The Hall–Kier alpha value is -0.120. The van der Waals surface area contributed by atoms with E-state index in [1.54, 1.807) is 0 Å². The minimum absolute atomic E-state index is 0.787. The Morgan fingerprint density at radius 3 is 2.65 bits per heavy atom. The van der Waals surface area contributed by atoms with Gasteiger partial charge in [-0.25, -0.2) is 0 Å². The zero-order valence-corrected chi connectivity index (χ0v) is 12.2. The summed E-state index contributed by atoms with van der Waals surface area (Å²) in [6.07, 6.45) is 4.04. The van der Waals surface area contributed by atoms with Crippen LogP contribution in [0.4, 0.5) is 0 Å². The summed E-state index contributed by atoms with van der Waals surface area (Å²) in [7, 11) is 4.27. The molecule has 0 saturated carbocycles. The van der Waals surface area contributed by atoms with Gasteiger partial charge < -0.3 is 10.2 Å². The fourth-order valence-electron chi connectivity index (χ4n) is 2.56. The van der Waals surface area contributed by atoms with E-state index >= 15 is 0 Å². The molecule has 1 heterocycles. The summed E-state index contributed by atoms with van der Waals surface area (Å²) < 4.78 is 0. The molecule has 0 bridgehead atoms. The molecule has 0 radical (unpaired) electrons. The summed E-state index contributed by atoms with van der Waals surface area (Å²) in [5.74, 6) is 0.889. The number of hydrogen-bond donors (Lipinski definition) is 1. The summed E-state index contributed by atoms with van der Waals surface area (Å²) in [5.41, 5.74) is 0. The second kappa shape index (κ2) is 8.06. The highest BCUT2D eigenvalue weighted by atomic mass is 15.2. The zero-order chi connectivity index (χ0) is 12.7. The van der Waals surface area contributed by atoms with Crippen molar-refractivity contribution in [2.24, 2.45) is 5.92 Å². The van der Waals surface area contributed by atoms with Crippen LogP contribution in [0.15, 0.2) is 0 Å². The van der Waals surface area contributed by atoms with Crippen molar-refractivity contribution >= 4 is 0 Å². The van der Waals surface area contributed by atoms with E-state index in [0.29, 0.717) is 0 Å². The van der Waals surface area contributed by atoms with Gasteiger partial charge in [-0.1, -0.05) is 6.92 Å². The molecule has 0 spiro atoms. The van der Waals surface area contributed by atoms with E-state index in [9.17, 15) is 0 Å². The van der Waals surface area contributed by atoms with E-state index in [1.165, 1.54) is 38.9 Å². The van der Waals surface area contributed by atoms with Crippen molar-refractivity contribution in [2.75, 3.05) is 46.8 Å². The number of nitrogens with zero attached hydrogens (tertiary/aromatic N) is 2. The molecule has 0 amide bonds. The monoisotopic (exact) mass is 241 g/mol. The molecule has 3 nitrogen and oxygen atoms in total. The fourth-order valence-corrected chi connectivity index (χ4v) is 2.56. The topological polar surface area (TPSA) is 18.5 Å². The molecule has 1 saturated heterocycles. The first-order chi connectivity index (χ1) is 8.09. The van der Waals surface area contributed by atoms with Crippen LogP contribution in [0.1, 0.15) is 33.1 Å². The Morgan fingerprint density at radius 2 is 1.94 bits per heavy atom. The molecule has 1 rings (SSSR count). The molecule has 1 fully saturated rings. The molecule has 1 N–H and O–H groups in total. The molecule has 2 unspecified atom stereocenters. The van der Waals surface area contributed by atoms with Crippen molar-refractivity contribution in [1.29, 1.82) is 0 Å². The maximum Gasteiger partial charge on any atom is 0.0110 e. The van der Waals surface area contributed by atoms with Crippen LogP contribution in [0, 0.1) is 5.92 Å². The maximum absolute atomic E-state index is 3.56. The van der Waals surface area contributed by atoms with Gasteiger partial charge in [0.2, 0.25) is 0 Å². The van der Waals surface area contributed by atoms with Crippen LogP contribution >= 0.6 is 0 Å². The normalized spacial score (nSPS) is 26.6. The average molecular weight is 241 g/mol. The molecule has 1 aliphatic rings. The van der Waals surface area contributed by atoms with Gasteiger partial charge in [0.15, 0.2) is 0 Å². The van der Waals surface area contributed by atoms with E-state index in [4.69, 9.17) is 0 Å². The van der Waals surface area contributed by atoms with Crippen LogP contribution in [0.2, 0.25) is 0 Å². The third-order valence-corrected chi connectivity index (χ3v) is 3.78. The predicted molar refractivity (Wildman–Crippen MR) is 75.5 cm³/mol. The van der Waals surface area contributed by atoms with Crippen molar-refractivity contribution in [2.45, 2.75) is 39.2 Å². The van der Waals surface area contributed by atoms with Crippen molar-refractivity contribution in [3.63, 3.8) is 0 Å². The third-order valence-electron chi connectivity index (χ3n) is 3.78. The van der Waals surface area contributed by atoms with Gasteiger partial charge in [0.1, 0.15) is 0 Å². The van der Waals surface area contributed by atoms with Crippen LogP contribution in [0.5, 0.6) is 0 Å². The van der Waals surface area contributed by atoms with Crippen molar-refractivity contribution in [3.05, 3.63) is 0 Å². The smallest absolute Gasteiger partial charge is 0.0110 e. The van der Waals surface area contributed by atoms with Gasteiger partial charge in [-0.2, -0.15) is 0 Å². The van der Waals surface area contributed by atoms with Gasteiger partial charge in [-0.3, -0.25) is 4.90 Å². The first-order valence-corrected chi connectivity index (χ1v) is 7.19. The Bertz CT molecular complexity index is 194. The highest BCUT2D eigenvalue weighted by Gasteiger charge is 2.21. The predicted octanol–water partition coefficient (Wildman–Crippen LogP) is 1.65. The van der Waals surface area contributed by atoms with E-state index in [2.05, 4.69) is 43.1 Å². The molecule has 102 valence electrons. The van der Waals surface area contributed by atoms with Crippen molar-refractivity contribution in [3.8, 4) is 0 Å². The first-order valence-electron chi connectivity index (χ1n) is 7.19. The van der Waals surface area contributed by atoms with Crippen LogP contribution in [0.3, 0.4) is 0 Å². The Kier molecular flexibility index (Phi) is 7.09. The Labute approximate surface area is 108 Å². The largest absolute Gasteiger partial charge is 0.315 e. The highest BCUT2D eigenvalue weighted by molar-refractivity contribution is 4.77. The molecule has 1 aliphatic heterocycles. The number of hydrogen-bond acceptors (Lipinski definition) is 3. The van der Waals surface area contributed by atoms with E-state index in [0.717, 1.165) is 25.0 Å². The van der Waals surface area contributed by atoms with Gasteiger partial charge in [-0.15, -0.1) is 0 Å². The second-order valence-corrected chi connectivity index (χ2v) is 5.93. The molecule has 0 aliphatic carbocycles. The lowest BCUT2D eigenvalue weighted by atomic mass is 9.95. The van der Waals surface area contributed by atoms with Gasteiger partial charge in [0, 0.05) is 25.7 Å². The standard InChI is InChI=1S/C14H31N3/c1-13-6-7-14(2)17(12-13)11-9-15-8-5-10-16(3)4/h13-15H,5-12H2,1-4H3. The lowest BCUT2D eigenvalue weighted by Crippen LogP contribution is -2.44. The molecule has 0 aromatic rings. The Balaban J connectivity index is 2.01. The van der Waals surface area contributed by atoms with Gasteiger partial charge in [0.05, 0.1) is 0 Å². The summed E-state index contributed by atoms with van der Waals surface area (Å²) in [6, 6.07) is 0.787. The van der Waals surface area contributed by atoms with Crippen LogP contribution in [-0.4, -0.2) is 62.7 Å². The van der Waals surface area contributed by atoms with Crippen LogP contribution in [-0.2, 0) is 0 Å². The maximum atomic E-state index is 3.56. The summed E-state index contributed by atoms with van der Waals surface area (Å²) in [4.78, 5) is 4.89. The molecule has 17 heavy (non-hydrogen) atoms. The lowest BCUT2D eigenvalue weighted by Gasteiger charge is -2.36. The van der Waals surface area contributed by atoms with Gasteiger partial charge in [0.25, 0.3) is 0 Å². The summed E-state index contributed by atoms with van der Waals surface area (Å²) in [6.45, 7) is 10.7. The summed E-state index contributed by atoms with van der Waals surface area (Å²) in [5, 5.41) is 3.56. The molecular formula is C14H31N3. The minimum Gasteiger partial charge on any atom is -0.315 e. The molecular weight excluding hydrogens is 210 g/mol. The van der Waals surface area contributed by atoms with Crippen molar-refractivity contribution in [1.82, 2.24) is 15.1 Å². The zero-order valence-electron chi connectivity index (χ0n) is 12.2. The van der Waals surface area contributed by atoms with Crippen LogP contribution < -0.4 is 5.32 Å². The van der Waals surface area contributed by atoms with Gasteiger partial charge in [-0.05, 0) is 59.3 Å². The second-order valence-electron chi connectivity index (χ2n) is 5.93. The molecule has 3 heteroatoms. The van der Waals surface area contributed by atoms with Crippen LogP contribution in [0.25, 0.3) is 0 Å². The molecule has 2 atom stereocenters.